The Morgan fingerprint density at radius 2 is 2.11 bits per heavy atom. The number of carbonyl (C=O) groups is 3. The number of carboxylic acid groups (broad SMARTS) is 1. The molecule has 1 fully saturated rings. The van der Waals surface area contributed by atoms with Crippen molar-refractivity contribution in [3.63, 3.8) is 0 Å². The molecule has 1 saturated carbocycles. The molecule has 2 aromatic carbocycles. The van der Waals surface area contributed by atoms with Crippen LogP contribution in [0.2, 0.25) is 0 Å². The van der Waals surface area contributed by atoms with E-state index in [-0.39, 0.29) is 23.1 Å². The Hall–Kier alpha value is -4.16. The van der Waals surface area contributed by atoms with Gasteiger partial charge in [0.05, 0.1) is 24.8 Å². The van der Waals surface area contributed by atoms with Gasteiger partial charge in [0, 0.05) is 47.9 Å². The minimum absolute atomic E-state index is 0.164. The van der Waals surface area contributed by atoms with E-state index in [1.165, 1.54) is 6.08 Å². The Kier molecular flexibility index (Phi) is 7.36. The maximum absolute atomic E-state index is 13.3. The lowest BCUT2D eigenvalue weighted by Crippen LogP contribution is -2.29. The Balaban J connectivity index is 1.51. The second-order valence-electron chi connectivity index (χ2n) is 8.89. The number of anilines is 1. The first-order valence-electron chi connectivity index (χ1n) is 11.7. The highest BCUT2D eigenvalue weighted by Crippen LogP contribution is 2.61. The number of hydrogen-bond donors (Lipinski definition) is 3. The summed E-state index contributed by atoms with van der Waals surface area (Å²) in [5, 5.41) is 23.9. The first-order chi connectivity index (χ1) is 17.4. The lowest BCUT2D eigenvalue weighted by Gasteiger charge is -2.27. The normalized spacial score (nSPS) is 19.7. The van der Waals surface area contributed by atoms with Crippen molar-refractivity contribution in [1.29, 1.82) is 5.26 Å². The van der Waals surface area contributed by atoms with Gasteiger partial charge in [0.25, 0.3) is 5.91 Å². The van der Waals surface area contributed by atoms with Crippen LogP contribution in [0.1, 0.15) is 39.9 Å². The first kappa shape index (κ1) is 24.9. The summed E-state index contributed by atoms with van der Waals surface area (Å²) in [6.45, 7) is 1.27. The fourth-order valence-electron chi connectivity index (χ4n) is 4.71. The molecule has 0 aromatic heterocycles. The van der Waals surface area contributed by atoms with E-state index >= 15 is 0 Å². The third-order valence-corrected chi connectivity index (χ3v) is 6.66. The van der Waals surface area contributed by atoms with Gasteiger partial charge in [-0.15, -0.1) is 0 Å². The van der Waals surface area contributed by atoms with Crippen LogP contribution in [0.3, 0.4) is 0 Å². The monoisotopic (exact) mass is 489 g/mol. The number of rotatable bonds is 9. The third kappa shape index (κ3) is 5.24. The van der Waals surface area contributed by atoms with Gasteiger partial charge >= 0.3 is 5.97 Å². The van der Waals surface area contributed by atoms with Crippen LogP contribution in [0.4, 0.5) is 5.69 Å². The smallest absolute Gasteiger partial charge is 0.327 e. The molecule has 2 amide bonds. The number of nitriles is 1. The zero-order valence-corrected chi connectivity index (χ0v) is 19.9. The highest BCUT2D eigenvalue weighted by molar-refractivity contribution is 5.98. The van der Waals surface area contributed by atoms with Crippen LogP contribution in [0.5, 0.6) is 5.75 Å². The molecule has 1 spiro atoms. The SMILES string of the molecule is COCCNC(=O)c1ccc2c(c1)OCC[C@]21C[C@H]1C(=O)Nc1cc(C#N)ccc1CC=CC(=O)O. The molecule has 1 aliphatic heterocycles. The largest absolute Gasteiger partial charge is 0.493 e. The Bertz CT molecular complexity index is 1260. The Labute approximate surface area is 208 Å². The van der Waals surface area contributed by atoms with Gasteiger partial charge in [-0.05, 0) is 49.1 Å². The lowest BCUT2D eigenvalue weighted by molar-refractivity contribution is -0.131. The van der Waals surface area contributed by atoms with Crippen LogP contribution in [0, 0.1) is 17.2 Å². The van der Waals surface area contributed by atoms with E-state index in [1.807, 2.05) is 6.07 Å². The summed E-state index contributed by atoms with van der Waals surface area (Å²) in [6, 6.07) is 12.3. The maximum atomic E-state index is 13.3. The summed E-state index contributed by atoms with van der Waals surface area (Å²) in [5.74, 6) is -1.10. The van der Waals surface area contributed by atoms with Crippen LogP contribution < -0.4 is 15.4 Å². The topological polar surface area (TPSA) is 138 Å². The van der Waals surface area contributed by atoms with Crippen molar-refractivity contribution in [2.75, 3.05) is 32.2 Å². The third-order valence-electron chi connectivity index (χ3n) is 6.66. The summed E-state index contributed by atoms with van der Waals surface area (Å²) < 4.78 is 10.8. The summed E-state index contributed by atoms with van der Waals surface area (Å²) >= 11 is 0. The van der Waals surface area contributed by atoms with E-state index in [4.69, 9.17) is 14.6 Å². The molecule has 0 bridgehead atoms. The van der Waals surface area contributed by atoms with Crippen molar-refractivity contribution in [2.24, 2.45) is 5.92 Å². The van der Waals surface area contributed by atoms with E-state index in [0.29, 0.717) is 67.1 Å². The number of carbonyl (C=O) groups excluding carboxylic acids is 2. The van der Waals surface area contributed by atoms with E-state index in [1.54, 1.807) is 37.4 Å². The molecule has 4 rings (SSSR count). The molecule has 2 atom stereocenters. The number of fused-ring (bicyclic) bond motifs is 2. The van der Waals surface area contributed by atoms with Crippen LogP contribution >= 0.6 is 0 Å². The minimum Gasteiger partial charge on any atom is -0.493 e. The Morgan fingerprint density at radius 3 is 2.86 bits per heavy atom. The van der Waals surface area contributed by atoms with E-state index in [2.05, 4.69) is 16.7 Å². The highest BCUT2D eigenvalue weighted by atomic mass is 16.5. The number of carboxylic acids is 1. The summed E-state index contributed by atoms with van der Waals surface area (Å²) in [5.41, 5.74) is 2.64. The maximum Gasteiger partial charge on any atom is 0.327 e. The number of methoxy groups -OCH3 is 1. The van der Waals surface area contributed by atoms with Gasteiger partial charge in [-0.25, -0.2) is 4.79 Å². The first-order valence-corrected chi connectivity index (χ1v) is 11.7. The zero-order chi connectivity index (χ0) is 25.7. The van der Waals surface area contributed by atoms with Gasteiger partial charge < -0.3 is 25.2 Å². The van der Waals surface area contributed by atoms with E-state index in [0.717, 1.165) is 11.6 Å². The molecule has 1 aliphatic carbocycles. The van der Waals surface area contributed by atoms with Gasteiger partial charge in [-0.2, -0.15) is 5.26 Å². The molecular weight excluding hydrogens is 462 g/mol. The number of aliphatic carboxylic acids is 1. The molecule has 0 saturated heterocycles. The molecule has 2 aromatic rings. The van der Waals surface area contributed by atoms with E-state index < -0.39 is 5.97 Å². The van der Waals surface area contributed by atoms with Crippen molar-refractivity contribution < 1.29 is 29.0 Å². The Morgan fingerprint density at radius 1 is 1.28 bits per heavy atom. The van der Waals surface area contributed by atoms with Gasteiger partial charge in [0.15, 0.2) is 0 Å². The minimum atomic E-state index is -1.05. The van der Waals surface area contributed by atoms with Crippen LogP contribution in [-0.4, -0.2) is 49.8 Å². The number of amides is 2. The molecule has 1 heterocycles. The second-order valence-corrected chi connectivity index (χ2v) is 8.89. The van der Waals surface area contributed by atoms with Crippen LogP contribution in [0.25, 0.3) is 0 Å². The van der Waals surface area contributed by atoms with Gasteiger partial charge in [0.2, 0.25) is 5.91 Å². The van der Waals surface area contributed by atoms with Crippen molar-refractivity contribution >= 4 is 23.5 Å². The molecule has 9 heteroatoms. The van der Waals surface area contributed by atoms with E-state index in [9.17, 15) is 19.6 Å². The predicted octanol–water partition coefficient (Wildman–Crippen LogP) is 2.80. The molecule has 9 nitrogen and oxygen atoms in total. The number of nitrogens with one attached hydrogen (secondary N) is 2. The summed E-state index contributed by atoms with van der Waals surface area (Å²) in [4.78, 5) is 36.5. The predicted molar refractivity (Wildman–Crippen MR) is 131 cm³/mol. The summed E-state index contributed by atoms with van der Waals surface area (Å²) in [7, 11) is 1.57. The molecule has 2 aliphatic rings. The van der Waals surface area contributed by atoms with Gasteiger partial charge in [0.1, 0.15) is 5.75 Å². The average Bonchev–Trinajstić information content (AvgIpc) is 3.59. The van der Waals surface area contributed by atoms with Crippen molar-refractivity contribution in [3.8, 4) is 11.8 Å². The number of hydrogen-bond acceptors (Lipinski definition) is 6. The van der Waals surface area contributed by atoms with Crippen molar-refractivity contribution in [1.82, 2.24) is 5.32 Å². The number of allylic oxidation sites excluding steroid dienone is 1. The fourth-order valence-corrected chi connectivity index (χ4v) is 4.71. The van der Waals surface area contributed by atoms with Crippen LogP contribution in [0.15, 0.2) is 48.6 Å². The fraction of sp³-hybridized carbons (Fsp3) is 0.333. The molecular formula is C27H27N3O6. The number of nitrogens with zero attached hydrogens (tertiary/aromatic N) is 1. The number of benzene rings is 2. The molecule has 0 unspecified atom stereocenters. The quantitative estimate of drug-likeness (QED) is 0.364. The molecule has 3 N–H and O–H groups in total. The zero-order valence-electron chi connectivity index (χ0n) is 19.9. The van der Waals surface area contributed by atoms with Crippen molar-refractivity contribution in [2.45, 2.75) is 24.7 Å². The average molecular weight is 490 g/mol. The molecule has 186 valence electrons. The summed E-state index contributed by atoms with van der Waals surface area (Å²) in [6.07, 6.45) is 4.18. The molecule has 0 radical (unpaired) electrons. The lowest BCUT2D eigenvalue weighted by atomic mass is 9.86. The molecule has 36 heavy (non-hydrogen) atoms. The van der Waals surface area contributed by atoms with Gasteiger partial charge in [-0.1, -0.05) is 18.2 Å². The van der Waals surface area contributed by atoms with Crippen LogP contribution in [-0.2, 0) is 26.2 Å². The highest BCUT2D eigenvalue weighted by Gasteiger charge is 2.61. The standard InChI is InChI=1S/C27H27N3O6/c1-35-12-10-29-25(33)19-7-8-20-23(14-19)36-11-9-27(20)15-21(27)26(34)30-22-13-17(16-28)5-6-18(22)3-2-4-24(31)32/h2,4-8,13-14,21H,3,9-12,15H2,1H3,(H,29,33)(H,30,34)(H,31,32)/t21-,27-/m0/s1. The van der Waals surface area contributed by atoms with Crippen molar-refractivity contribution in [3.05, 3.63) is 70.8 Å². The van der Waals surface area contributed by atoms with Gasteiger partial charge in [-0.3, -0.25) is 9.59 Å². The number of ether oxygens (including phenoxy) is 2. The second kappa shape index (κ2) is 10.6.